The molecule has 168 valence electrons. The van der Waals surface area contributed by atoms with Crippen LogP contribution in [0.25, 0.3) is 16.3 Å². The highest BCUT2D eigenvalue weighted by atomic mass is 19.1. The van der Waals surface area contributed by atoms with E-state index < -0.39 is 17.4 Å². The number of nitrogens with zero attached hydrogens (tertiary/aromatic N) is 1. The van der Waals surface area contributed by atoms with Gasteiger partial charge in [-0.05, 0) is 78.7 Å². The van der Waals surface area contributed by atoms with Gasteiger partial charge in [0.1, 0.15) is 5.67 Å². The Morgan fingerprint density at radius 1 is 1.09 bits per heavy atom. The fourth-order valence-corrected chi connectivity index (χ4v) is 7.53. The number of hydrogen-bond donors (Lipinski definition) is 2. The van der Waals surface area contributed by atoms with E-state index in [4.69, 9.17) is 0 Å². The number of hydrogen-bond acceptors (Lipinski definition) is 3. The third-order valence-corrected chi connectivity index (χ3v) is 9.31. The van der Waals surface area contributed by atoms with Gasteiger partial charge in [-0.25, -0.2) is 4.39 Å². The van der Waals surface area contributed by atoms with Crippen molar-refractivity contribution in [1.29, 1.82) is 0 Å². The molecule has 0 saturated heterocycles. The predicted octanol–water partition coefficient (Wildman–Crippen LogP) is 5.76. The van der Waals surface area contributed by atoms with Gasteiger partial charge in [0.15, 0.2) is 0 Å². The molecule has 1 aromatic carbocycles. The maximum absolute atomic E-state index is 16.1. The minimum Gasteiger partial charge on any atom is -0.393 e. The number of pyridine rings is 1. The van der Waals surface area contributed by atoms with E-state index in [-0.39, 0.29) is 30.1 Å². The van der Waals surface area contributed by atoms with Gasteiger partial charge in [0.05, 0.1) is 11.7 Å². The average molecular weight is 434 g/mol. The number of aliphatic hydroxyl groups excluding tert-OH is 1. The molecule has 0 radical (unpaired) electrons. The Morgan fingerprint density at radius 3 is 2.84 bits per heavy atom. The summed E-state index contributed by atoms with van der Waals surface area (Å²) in [6.07, 6.45) is 12.4. The molecule has 2 saturated carbocycles. The number of rotatable bonds is 1. The first-order valence-electron chi connectivity index (χ1n) is 12.2. The van der Waals surface area contributed by atoms with Crippen LogP contribution < -0.4 is 0 Å². The minimum atomic E-state index is -1.39. The van der Waals surface area contributed by atoms with Gasteiger partial charge in [0.2, 0.25) is 0 Å². The second-order valence-electron chi connectivity index (χ2n) is 11.0. The molecule has 4 aliphatic carbocycles. The number of halogens is 1. The van der Waals surface area contributed by atoms with Crippen LogP contribution in [0.5, 0.6) is 0 Å². The van der Waals surface area contributed by atoms with E-state index in [1.165, 1.54) is 16.5 Å². The monoisotopic (exact) mass is 433 g/mol. The molecule has 0 aliphatic heterocycles. The summed E-state index contributed by atoms with van der Waals surface area (Å²) < 4.78 is 16.1. The van der Waals surface area contributed by atoms with Gasteiger partial charge in [-0.3, -0.25) is 4.98 Å². The van der Waals surface area contributed by atoms with Crippen molar-refractivity contribution < 1.29 is 14.6 Å². The number of fused-ring (bicyclic) bond motifs is 5. The fraction of sp³-hybridized carbons (Fsp3) is 0.536. The molecule has 4 aliphatic rings. The summed E-state index contributed by atoms with van der Waals surface area (Å²) in [5, 5.41) is 24.6. The Kier molecular flexibility index (Phi) is 4.48. The SMILES string of the molecule is CC12CC=C3CC4(F)CC(O)CCC4CC[C@]3(O)C1CC=C2c1ccc2ccncc2c1. The van der Waals surface area contributed by atoms with Gasteiger partial charge in [-0.2, -0.15) is 0 Å². The van der Waals surface area contributed by atoms with E-state index in [0.29, 0.717) is 19.3 Å². The van der Waals surface area contributed by atoms with Crippen LogP contribution >= 0.6 is 0 Å². The molecule has 2 N–H and O–H groups in total. The van der Waals surface area contributed by atoms with Crippen molar-refractivity contribution in [3.05, 3.63) is 59.9 Å². The second-order valence-corrected chi connectivity index (χ2v) is 11.0. The second kappa shape index (κ2) is 6.98. The molecule has 4 heteroatoms. The molecule has 1 aromatic heterocycles. The lowest BCUT2D eigenvalue weighted by atomic mass is 9.58. The van der Waals surface area contributed by atoms with Crippen molar-refractivity contribution in [3.63, 3.8) is 0 Å². The lowest BCUT2D eigenvalue weighted by Gasteiger charge is -2.49. The van der Waals surface area contributed by atoms with Crippen molar-refractivity contribution in [2.45, 2.75) is 75.7 Å². The Morgan fingerprint density at radius 2 is 1.97 bits per heavy atom. The van der Waals surface area contributed by atoms with E-state index in [1.54, 1.807) is 0 Å². The van der Waals surface area contributed by atoms with Crippen LogP contribution in [0.3, 0.4) is 0 Å². The van der Waals surface area contributed by atoms with E-state index >= 15 is 4.39 Å². The number of alkyl halides is 1. The van der Waals surface area contributed by atoms with E-state index in [9.17, 15) is 10.2 Å². The molecular formula is C28H32FNO2. The van der Waals surface area contributed by atoms with Crippen LogP contribution in [-0.2, 0) is 0 Å². The molecule has 3 nitrogen and oxygen atoms in total. The Labute approximate surface area is 189 Å². The van der Waals surface area contributed by atoms with Gasteiger partial charge >= 0.3 is 0 Å². The Balaban J connectivity index is 1.37. The quantitative estimate of drug-likeness (QED) is 0.562. The molecule has 0 amide bonds. The summed E-state index contributed by atoms with van der Waals surface area (Å²) >= 11 is 0. The van der Waals surface area contributed by atoms with Gasteiger partial charge in [0.25, 0.3) is 0 Å². The zero-order valence-corrected chi connectivity index (χ0v) is 18.7. The van der Waals surface area contributed by atoms with Gasteiger partial charge < -0.3 is 10.2 Å². The molecule has 2 aromatic rings. The summed E-state index contributed by atoms with van der Waals surface area (Å²) in [5.41, 5.74) is 0.850. The standard InChI is InChI=1S/C28H32FNO2/c1-26-11-8-22-15-27(29)16-23(31)5-4-21(27)9-12-28(22,32)25(26)7-6-24(26)19-3-2-18-10-13-30-17-20(18)14-19/h2-3,6,8,10,13-14,17,21,23,25,31-32H,4-5,7,9,11-12,15-16H2,1H3/t21?,23?,25?,26?,27?,28-/m1/s1. The predicted molar refractivity (Wildman–Crippen MR) is 125 cm³/mol. The minimum absolute atomic E-state index is 0.0586. The van der Waals surface area contributed by atoms with Crippen LogP contribution in [0.15, 0.2) is 54.4 Å². The lowest BCUT2D eigenvalue weighted by molar-refractivity contribution is -0.0359. The maximum atomic E-state index is 16.1. The van der Waals surface area contributed by atoms with E-state index in [1.807, 2.05) is 18.5 Å². The van der Waals surface area contributed by atoms with Gasteiger partial charge in [-0.1, -0.05) is 31.2 Å². The van der Waals surface area contributed by atoms with Gasteiger partial charge in [-0.15, -0.1) is 0 Å². The Hall–Kier alpha value is -2.04. The maximum Gasteiger partial charge on any atom is 0.120 e. The average Bonchev–Trinajstić information content (AvgIpc) is 3.08. The van der Waals surface area contributed by atoms with Crippen molar-refractivity contribution in [1.82, 2.24) is 4.98 Å². The number of aliphatic hydroxyl groups is 2. The molecule has 0 bridgehead atoms. The summed E-state index contributed by atoms with van der Waals surface area (Å²) in [6.45, 7) is 2.28. The van der Waals surface area contributed by atoms with Crippen molar-refractivity contribution in [3.8, 4) is 0 Å². The third kappa shape index (κ3) is 2.88. The molecule has 1 heterocycles. The fourth-order valence-electron chi connectivity index (χ4n) is 7.53. The van der Waals surface area contributed by atoms with Crippen LogP contribution in [0.2, 0.25) is 0 Å². The first kappa shape index (κ1) is 20.6. The first-order valence-corrected chi connectivity index (χ1v) is 12.2. The molecule has 5 unspecified atom stereocenters. The first-order chi connectivity index (χ1) is 15.3. The third-order valence-electron chi connectivity index (χ3n) is 9.31. The summed E-state index contributed by atoms with van der Waals surface area (Å²) in [5.74, 6) is -0.00206. The lowest BCUT2D eigenvalue weighted by Crippen LogP contribution is -2.49. The van der Waals surface area contributed by atoms with Crippen LogP contribution in [0.1, 0.15) is 63.9 Å². The summed E-state index contributed by atoms with van der Waals surface area (Å²) in [4.78, 5) is 4.28. The summed E-state index contributed by atoms with van der Waals surface area (Å²) in [6, 6.07) is 8.58. The van der Waals surface area contributed by atoms with Crippen LogP contribution in [0.4, 0.5) is 4.39 Å². The molecule has 32 heavy (non-hydrogen) atoms. The molecular weight excluding hydrogens is 401 g/mol. The number of benzene rings is 1. The smallest absolute Gasteiger partial charge is 0.120 e. The highest BCUT2D eigenvalue weighted by Gasteiger charge is 2.59. The normalized spacial score (nSPS) is 41.2. The van der Waals surface area contributed by atoms with Crippen molar-refractivity contribution in [2.24, 2.45) is 17.3 Å². The van der Waals surface area contributed by atoms with E-state index in [0.717, 1.165) is 30.2 Å². The zero-order valence-electron chi connectivity index (χ0n) is 18.7. The highest BCUT2D eigenvalue weighted by Crippen LogP contribution is 2.63. The van der Waals surface area contributed by atoms with Crippen LogP contribution in [-0.4, -0.2) is 32.6 Å². The number of allylic oxidation sites excluding steroid dienone is 3. The molecule has 6 rings (SSSR count). The van der Waals surface area contributed by atoms with Gasteiger partial charge in [0, 0.05) is 42.0 Å². The largest absolute Gasteiger partial charge is 0.393 e. The molecule has 2 fully saturated rings. The highest BCUT2D eigenvalue weighted by molar-refractivity contribution is 5.87. The molecule has 0 spiro atoms. The van der Waals surface area contributed by atoms with Crippen molar-refractivity contribution in [2.75, 3.05) is 0 Å². The number of aromatic nitrogens is 1. The topological polar surface area (TPSA) is 53.4 Å². The molecule has 6 atom stereocenters. The van der Waals surface area contributed by atoms with E-state index in [2.05, 4.69) is 42.3 Å². The van der Waals surface area contributed by atoms with Crippen LogP contribution in [0, 0.1) is 17.3 Å². The van der Waals surface area contributed by atoms with Crippen molar-refractivity contribution >= 4 is 16.3 Å². The summed E-state index contributed by atoms with van der Waals surface area (Å²) in [7, 11) is 0. The Bertz CT molecular complexity index is 1140. The zero-order chi connectivity index (χ0) is 22.1.